The van der Waals surface area contributed by atoms with Crippen LogP contribution < -0.4 is 9.64 Å². The molecule has 5 rings (SSSR count). The van der Waals surface area contributed by atoms with Crippen LogP contribution in [0.3, 0.4) is 0 Å². The summed E-state index contributed by atoms with van der Waals surface area (Å²) < 4.78 is 6.56. The number of carbonyl (C=O) groups excluding carboxylic acids is 1. The third-order valence-electron chi connectivity index (χ3n) is 7.49. The topological polar surface area (TPSA) is 55.3 Å². The number of Topliss-reactive ketones (excluding diaryl/α,β-unsaturated/α-hetero) is 1. The summed E-state index contributed by atoms with van der Waals surface area (Å²) in [6, 6.07) is 12.7. The number of nitrogens with zero attached hydrogens (tertiary/aromatic N) is 3. The third-order valence-corrected chi connectivity index (χ3v) is 7.49. The second-order valence-electron chi connectivity index (χ2n) is 10.1. The number of hydrogen-bond acceptors (Lipinski definition) is 5. The van der Waals surface area contributed by atoms with E-state index in [9.17, 15) is 4.79 Å². The van der Waals surface area contributed by atoms with E-state index in [-0.39, 0.29) is 5.78 Å². The molecule has 0 saturated carbocycles. The molecule has 0 amide bonds. The molecule has 176 valence electrons. The fourth-order valence-electron chi connectivity index (χ4n) is 5.25. The molecule has 2 aromatic carbocycles. The van der Waals surface area contributed by atoms with Gasteiger partial charge in [-0.05, 0) is 63.4 Å². The van der Waals surface area contributed by atoms with Gasteiger partial charge < -0.3 is 9.64 Å². The number of benzene rings is 2. The van der Waals surface area contributed by atoms with E-state index in [4.69, 9.17) is 9.72 Å². The Bertz CT molecular complexity index is 1260. The van der Waals surface area contributed by atoms with Crippen molar-refractivity contribution in [1.82, 2.24) is 9.97 Å². The minimum Gasteiger partial charge on any atom is -0.486 e. The van der Waals surface area contributed by atoms with E-state index in [1.807, 2.05) is 26.0 Å². The Morgan fingerprint density at radius 2 is 1.62 bits per heavy atom. The monoisotopic (exact) mass is 455 g/mol. The van der Waals surface area contributed by atoms with Crippen LogP contribution in [0.1, 0.15) is 69.0 Å². The average molecular weight is 456 g/mol. The second kappa shape index (κ2) is 8.53. The lowest BCUT2D eigenvalue weighted by Gasteiger charge is -2.44. The van der Waals surface area contributed by atoms with Gasteiger partial charge in [0, 0.05) is 43.6 Å². The maximum atomic E-state index is 13.0. The molecule has 3 heterocycles. The normalized spacial score (nSPS) is 17.0. The smallest absolute Gasteiger partial charge is 0.170 e. The van der Waals surface area contributed by atoms with E-state index in [0.29, 0.717) is 6.42 Å². The van der Waals surface area contributed by atoms with Gasteiger partial charge in [-0.15, -0.1) is 0 Å². The molecule has 0 bridgehead atoms. The molecule has 0 aliphatic carbocycles. The van der Waals surface area contributed by atoms with Crippen LogP contribution in [0.25, 0.3) is 0 Å². The lowest BCUT2D eigenvalue weighted by atomic mass is 9.81. The van der Waals surface area contributed by atoms with Crippen LogP contribution in [0.15, 0.2) is 36.4 Å². The van der Waals surface area contributed by atoms with Crippen LogP contribution in [0, 0.1) is 34.6 Å². The Balaban J connectivity index is 1.39. The van der Waals surface area contributed by atoms with E-state index >= 15 is 0 Å². The molecule has 3 aromatic rings. The number of fused-ring (bicyclic) bond motifs is 1. The summed E-state index contributed by atoms with van der Waals surface area (Å²) in [4.78, 5) is 24.9. The molecular weight excluding hydrogens is 422 g/mol. The predicted octanol–water partition coefficient (Wildman–Crippen LogP) is 5.61. The van der Waals surface area contributed by atoms with Gasteiger partial charge in [-0.3, -0.25) is 4.79 Å². The lowest BCUT2D eigenvalue weighted by Crippen LogP contribution is -2.51. The first-order valence-electron chi connectivity index (χ1n) is 12.2. The quantitative estimate of drug-likeness (QED) is 0.513. The number of rotatable bonds is 3. The van der Waals surface area contributed by atoms with Crippen LogP contribution in [-0.2, 0) is 6.42 Å². The van der Waals surface area contributed by atoms with E-state index in [1.54, 1.807) is 0 Å². The van der Waals surface area contributed by atoms with Crippen LogP contribution in [-0.4, -0.2) is 34.4 Å². The number of hydrogen-bond donors (Lipinski definition) is 0. The molecule has 0 unspecified atom stereocenters. The van der Waals surface area contributed by atoms with Crippen molar-refractivity contribution in [3.05, 3.63) is 81.3 Å². The first-order chi connectivity index (χ1) is 16.2. The van der Waals surface area contributed by atoms with Crippen molar-refractivity contribution < 1.29 is 9.53 Å². The molecule has 1 aromatic heterocycles. The van der Waals surface area contributed by atoms with Gasteiger partial charge in [0.25, 0.3) is 0 Å². The van der Waals surface area contributed by atoms with Crippen molar-refractivity contribution >= 4 is 11.6 Å². The zero-order valence-corrected chi connectivity index (χ0v) is 20.9. The minimum absolute atomic E-state index is 0.201. The molecular formula is C29H33N3O2. The molecule has 1 saturated heterocycles. The van der Waals surface area contributed by atoms with Gasteiger partial charge in [0.2, 0.25) is 0 Å². The van der Waals surface area contributed by atoms with Gasteiger partial charge in [-0.1, -0.05) is 29.8 Å². The molecule has 2 aliphatic rings. The number of ether oxygens (including phenoxy) is 1. The highest BCUT2D eigenvalue weighted by molar-refractivity contribution is 6.00. The number of anilines is 1. The van der Waals surface area contributed by atoms with Crippen LogP contribution >= 0.6 is 0 Å². The van der Waals surface area contributed by atoms with Gasteiger partial charge in [0.1, 0.15) is 23.0 Å². The van der Waals surface area contributed by atoms with Gasteiger partial charge >= 0.3 is 0 Å². The van der Waals surface area contributed by atoms with Crippen molar-refractivity contribution in [2.75, 3.05) is 18.0 Å². The van der Waals surface area contributed by atoms with Gasteiger partial charge in [-0.25, -0.2) is 9.97 Å². The maximum absolute atomic E-state index is 13.0. The first kappa shape index (κ1) is 22.6. The third kappa shape index (κ3) is 4.20. The van der Waals surface area contributed by atoms with Gasteiger partial charge in [0.15, 0.2) is 5.78 Å². The standard InChI is InChI=1S/C29H33N3O2/c1-18-6-8-23(9-7-18)16-24-21(4)30-22(5)31-28(24)32-12-10-29(11-13-32)17-26(33)25-14-19(2)20(3)15-27(25)34-29/h6-9,14-15H,10-13,16-17H2,1-5H3. The van der Waals surface area contributed by atoms with Crippen molar-refractivity contribution in [3.63, 3.8) is 0 Å². The molecule has 1 fully saturated rings. The molecule has 2 aliphatic heterocycles. The summed E-state index contributed by atoms with van der Waals surface area (Å²) in [5, 5.41) is 0. The molecule has 5 heteroatoms. The maximum Gasteiger partial charge on any atom is 0.170 e. The van der Waals surface area contributed by atoms with E-state index in [1.165, 1.54) is 16.7 Å². The van der Waals surface area contributed by atoms with Gasteiger partial charge in [0.05, 0.1) is 12.0 Å². The van der Waals surface area contributed by atoms with Crippen LogP contribution in [0.5, 0.6) is 5.75 Å². The summed E-state index contributed by atoms with van der Waals surface area (Å²) in [6.45, 7) is 11.9. The van der Waals surface area contributed by atoms with Crippen molar-refractivity contribution in [1.29, 1.82) is 0 Å². The Labute approximate surface area is 202 Å². The number of piperidine rings is 1. The van der Waals surface area contributed by atoms with E-state index < -0.39 is 5.60 Å². The van der Waals surface area contributed by atoms with Crippen molar-refractivity contribution in [3.8, 4) is 5.75 Å². The van der Waals surface area contributed by atoms with E-state index in [2.05, 4.69) is 54.9 Å². The largest absolute Gasteiger partial charge is 0.486 e. The number of carbonyl (C=O) groups is 1. The summed E-state index contributed by atoms with van der Waals surface area (Å²) in [5.41, 5.74) is 7.35. The molecule has 0 atom stereocenters. The highest BCUT2D eigenvalue weighted by atomic mass is 16.5. The molecule has 34 heavy (non-hydrogen) atoms. The van der Waals surface area contributed by atoms with Crippen molar-refractivity contribution in [2.24, 2.45) is 0 Å². The lowest BCUT2D eigenvalue weighted by molar-refractivity contribution is 0.0230. The van der Waals surface area contributed by atoms with Crippen LogP contribution in [0.4, 0.5) is 5.82 Å². The average Bonchev–Trinajstić information content (AvgIpc) is 2.79. The number of ketones is 1. The van der Waals surface area contributed by atoms with Crippen LogP contribution in [0.2, 0.25) is 0 Å². The Kier molecular flexibility index (Phi) is 5.67. The Morgan fingerprint density at radius 1 is 0.941 bits per heavy atom. The fourth-order valence-corrected chi connectivity index (χ4v) is 5.25. The SMILES string of the molecule is Cc1ccc(Cc2c(C)nc(C)nc2N2CCC3(CC2)CC(=O)c2cc(C)c(C)cc2O3)cc1. The highest BCUT2D eigenvalue weighted by Gasteiger charge is 2.43. The first-order valence-corrected chi connectivity index (χ1v) is 12.2. The second-order valence-corrected chi connectivity index (χ2v) is 10.1. The Hall–Kier alpha value is -3.21. The number of aromatic nitrogens is 2. The summed E-state index contributed by atoms with van der Waals surface area (Å²) in [6.07, 6.45) is 2.87. The molecule has 1 spiro atoms. The molecule has 0 radical (unpaired) electrons. The predicted molar refractivity (Wildman–Crippen MR) is 135 cm³/mol. The summed E-state index contributed by atoms with van der Waals surface area (Å²) in [5.74, 6) is 2.77. The Morgan fingerprint density at radius 3 is 2.32 bits per heavy atom. The number of aryl methyl sites for hydroxylation is 5. The fraction of sp³-hybridized carbons (Fsp3) is 0.414. The minimum atomic E-state index is -0.420. The zero-order valence-electron chi connectivity index (χ0n) is 20.9. The summed E-state index contributed by atoms with van der Waals surface area (Å²) in [7, 11) is 0. The molecule has 0 N–H and O–H groups in total. The molecule has 5 nitrogen and oxygen atoms in total. The highest BCUT2D eigenvalue weighted by Crippen LogP contribution is 2.41. The van der Waals surface area contributed by atoms with Crippen molar-refractivity contribution in [2.45, 2.75) is 65.9 Å². The van der Waals surface area contributed by atoms with Gasteiger partial charge in [-0.2, -0.15) is 0 Å². The zero-order chi connectivity index (χ0) is 24.0. The van der Waals surface area contributed by atoms with E-state index in [0.717, 1.165) is 72.1 Å². The summed E-state index contributed by atoms with van der Waals surface area (Å²) >= 11 is 0.